The molecule has 0 aliphatic rings. The molecule has 0 aromatic heterocycles. The number of halogens is 2. The fraction of sp³-hybridized carbons (Fsp3) is 0.250. The summed E-state index contributed by atoms with van der Waals surface area (Å²) in [7, 11) is 0. The van der Waals surface area contributed by atoms with Gasteiger partial charge in [-0.3, -0.25) is 0 Å². The van der Waals surface area contributed by atoms with Gasteiger partial charge in [-0.25, -0.2) is 0 Å². The molecule has 1 rings (SSSR count). The summed E-state index contributed by atoms with van der Waals surface area (Å²) in [6, 6.07) is 5.42. The van der Waals surface area contributed by atoms with E-state index in [2.05, 4.69) is 15.9 Å². The van der Waals surface area contributed by atoms with E-state index in [1.165, 1.54) is 0 Å². The molecule has 0 radical (unpaired) electrons. The second kappa shape index (κ2) is 3.57. The smallest absolute Gasteiger partial charge is 0.0773 e. The van der Waals surface area contributed by atoms with Crippen molar-refractivity contribution in [1.29, 1.82) is 0 Å². The molecule has 0 bridgehead atoms. The van der Waals surface area contributed by atoms with E-state index >= 15 is 0 Å². The van der Waals surface area contributed by atoms with Crippen molar-refractivity contribution in [2.45, 2.75) is 13.0 Å². The van der Waals surface area contributed by atoms with Gasteiger partial charge in [-0.05, 0) is 34.5 Å². The summed E-state index contributed by atoms with van der Waals surface area (Å²) < 4.78 is 0.775. The van der Waals surface area contributed by atoms with Crippen LogP contribution < -0.4 is 0 Å². The molecule has 0 saturated heterocycles. The molecule has 3 heteroatoms. The Morgan fingerprint density at radius 1 is 1.55 bits per heavy atom. The van der Waals surface area contributed by atoms with E-state index in [0.717, 1.165) is 10.0 Å². The highest BCUT2D eigenvalue weighted by Crippen LogP contribution is 2.29. The van der Waals surface area contributed by atoms with Gasteiger partial charge in [-0.15, -0.1) is 0 Å². The van der Waals surface area contributed by atoms with E-state index in [4.69, 9.17) is 11.6 Å². The lowest BCUT2D eigenvalue weighted by Gasteiger charge is -2.07. The van der Waals surface area contributed by atoms with Gasteiger partial charge in [0.1, 0.15) is 0 Å². The standard InChI is InChI=1S/C8H8BrClO/c1-5(11)6-3-2-4-7(10)8(6)9/h2-5,11H,1H3/t5-/m1/s1. The van der Waals surface area contributed by atoms with Gasteiger partial charge < -0.3 is 5.11 Å². The van der Waals surface area contributed by atoms with E-state index in [-0.39, 0.29) is 0 Å². The zero-order chi connectivity index (χ0) is 8.43. The third-order valence-corrected chi connectivity index (χ3v) is 2.86. The summed E-state index contributed by atoms with van der Waals surface area (Å²) in [5.74, 6) is 0. The lowest BCUT2D eigenvalue weighted by Crippen LogP contribution is -1.91. The number of benzene rings is 1. The van der Waals surface area contributed by atoms with E-state index in [1.807, 2.05) is 12.1 Å². The zero-order valence-corrected chi connectivity index (χ0v) is 8.35. The second-order valence-corrected chi connectivity index (χ2v) is 3.52. The van der Waals surface area contributed by atoms with Crippen LogP contribution in [0.2, 0.25) is 5.02 Å². The van der Waals surface area contributed by atoms with Crippen molar-refractivity contribution in [3.63, 3.8) is 0 Å². The number of aliphatic hydroxyl groups excluding tert-OH is 1. The topological polar surface area (TPSA) is 20.2 Å². The van der Waals surface area contributed by atoms with Crippen LogP contribution in [-0.2, 0) is 0 Å². The first-order valence-corrected chi connectivity index (χ1v) is 4.42. The number of aliphatic hydroxyl groups is 1. The van der Waals surface area contributed by atoms with Gasteiger partial charge in [0.25, 0.3) is 0 Å². The average molecular weight is 236 g/mol. The third-order valence-electron chi connectivity index (χ3n) is 1.43. The summed E-state index contributed by atoms with van der Waals surface area (Å²) in [4.78, 5) is 0. The molecule has 0 amide bonds. The highest BCUT2D eigenvalue weighted by atomic mass is 79.9. The van der Waals surface area contributed by atoms with E-state index < -0.39 is 6.10 Å². The van der Waals surface area contributed by atoms with Crippen molar-refractivity contribution in [1.82, 2.24) is 0 Å². The summed E-state index contributed by atoms with van der Waals surface area (Å²) >= 11 is 9.09. The third kappa shape index (κ3) is 1.95. The number of hydrogen-bond acceptors (Lipinski definition) is 1. The van der Waals surface area contributed by atoms with Gasteiger partial charge in [-0.1, -0.05) is 23.7 Å². The Kier molecular flexibility index (Phi) is 2.93. The Morgan fingerprint density at radius 2 is 2.18 bits per heavy atom. The van der Waals surface area contributed by atoms with Gasteiger partial charge in [0.15, 0.2) is 0 Å². The largest absolute Gasteiger partial charge is 0.389 e. The van der Waals surface area contributed by atoms with Gasteiger partial charge in [0, 0.05) is 4.47 Å². The van der Waals surface area contributed by atoms with Crippen LogP contribution >= 0.6 is 27.5 Å². The normalized spacial score (nSPS) is 13.1. The molecule has 0 heterocycles. The maximum Gasteiger partial charge on any atom is 0.0773 e. The van der Waals surface area contributed by atoms with Crippen molar-refractivity contribution < 1.29 is 5.11 Å². The molecule has 0 spiro atoms. The van der Waals surface area contributed by atoms with Crippen LogP contribution in [0.3, 0.4) is 0 Å². The molecule has 11 heavy (non-hydrogen) atoms. The average Bonchev–Trinajstić information content (AvgIpc) is 1.94. The Labute approximate surface area is 79.1 Å². The second-order valence-electron chi connectivity index (χ2n) is 2.32. The summed E-state index contributed by atoms with van der Waals surface area (Å²) in [6.45, 7) is 1.70. The molecule has 0 unspecified atom stereocenters. The first-order valence-electron chi connectivity index (χ1n) is 3.25. The van der Waals surface area contributed by atoms with Crippen LogP contribution in [0.1, 0.15) is 18.6 Å². The van der Waals surface area contributed by atoms with Gasteiger partial charge in [0.2, 0.25) is 0 Å². The predicted molar refractivity (Wildman–Crippen MR) is 49.8 cm³/mol. The SMILES string of the molecule is C[C@@H](O)c1cccc(Cl)c1Br. The van der Waals surface area contributed by atoms with Crippen LogP contribution in [0.4, 0.5) is 0 Å². The Hall–Kier alpha value is -0.0500. The lowest BCUT2D eigenvalue weighted by molar-refractivity contribution is 0.198. The van der Waals surface area contributed by atoms with Gasteiger partial charge in [-0.2, -0.15) is 0 Å². The molecular weight excluding hydrogens is 227 g/mol. The Morgan fingerprint density at radius 3 is 2.64 bits per heavy atom. The highest BCUT2D eigenvalue weighted by molar-refractivity contribution is 9.10. The van der Waals surface area contributed by atoms with Gasteiger partial charge >= 0.3 is 0 Å². The van der Waals surface area contributed by atoms with Gasteiger partial charge in [0.05, 0.1) is 11.1 Å². The molecule has 0 saturated carbocycles. The molecule has 1 aromatic carbocycles. The van der Waals surface area contributed by atoms with Crippen LogP contribution in [-0.4, -0.2) is 5.11 Å². The highest BCUT2D eigenvalue weighted by Gasteiger charge is 2.07. The van der Waals surface area contributed by atoms with Crippen molar-refractivity contribution in [3.05, 3.63) is 33.3 Å². The van der Waals surface area contributed by atoms with Crippen LogP contribution in [0.15, 0.2) is 22.7 Å². The molecule has 1 nitrogen and oxygen atoms in total. The van der Waals surface area contributed by atoms with Crippen LogP contribution in [0, 0.1) is 0 Å². The fourth-order valence-electron chi connectivity index (χ4n) is 0.843. The first-order chi connectivity index (χ1) is 5.13. The summed E-state index contributed by atoms with van der Waals surface area (Å²) in [5, 5.41) is 9.87. The molecule has 1 aromatic rings. The minimum Gasteiger partial charge on any atom is -0.389 e. The van der Waals surface area contributed by atoms with Crippen molar-refractivity contribution in [2.75, 3.05) is 0 Å². The zero-order valence-electron chi connectivity index (χ0n) is 6.01. The molecule has 60 valence electrons. The van der Waals surface area contributed by atoms with Crippen molar-refractivity contribution in [2.24, 2.45) is 0 Å². The lowest BCUT2D eigenvalue weighted by atomic mass is 10.1. The van der Waals surface area contributed by atoms with Crippen molar-refractivity contribution >= 4 is 27.5 Å². The Bertz CT molecular complexity index is 260. The minimum absolute atomic E-state index is 0.483. The predicted octanol–water partition coefficient (Wildman–Crippen LogP) is 3.16. The fourth-order valence-corrected chi connectivity index (χ4v) is 1.62. The van der Waals surface area contributed by atoms with Crippen molar-refractivity contribution in [3.8, 4) is 0 Å². The molecule has 0 fully saturated rings. The van der Waals surface area contributed by atoms with Crippen LogP contribution in [0.5, 0.6) is 0 Å². The Balaban J connectivity index is 3.17. The van der Waals surface area contributed by atoms with E-state index in [0.29, 0.717) is 5.02 Å². The number of hydrogen-bond donors (Lipinski definition) is 1. The number of rotatable bonds is 1. The first kappa shape index (κ1) is 9.04. The quantitative estimate of drug-likeness (QED) is 0.793. The molecule has 0 aliphatic carbocycles. The molecular formula is C8H8BrClO. The van der Waals surface area contributed by atoms with E-state index in [9.17, 15) is 5.11 Å². The van der Waals surface area contributed by atoms with E-state index in [1.54, 1.807) is 13.0 Å². The molecule has 0 aliphatic heterocycles. The maximum atomic E-state index is 9.24. The van der Waals surface area contributed by atoms with Crippen LogP contribution in [0.25, 0.3) is 0 Å². The molecule has 1 N–H and O–H groups in total. The maximum absolute atomic E-state index is 9.24. The summed E-state index contributed by atoms with van der Waals surface area (Å²) in [5.41, 5.74) is 0.817. The minimum atomic E-state index is -0.483. The summed E-state index contributed by atoms with van der Waals surface area (Å²) in [6.07, 6.45) is -0.483. The monoisotopic (exact) mass is 234 g/mol. The molecule has 1 atom stereocenters.